The van der Waals surface area contributed by atoms with Crippen LogP contribution >= 0.6 is 41.5 Å². The molecule has 0 bridgehead atoms. The Balaban J connectivity index is 3.11. The highest BCUT2D eigenvalue weighted by Crippen LogP contribution is 2.40. The molecule has 17 heavy (non-hydrogen) atoms. The summed E-state index contributed by atoms with van der Waals surface area (Å²) in [5, 5.41) is 0. The predicted molar refractivity (Wildman–Crippen MR) is 86.7 cm³/mol. The number of rotatable bonds is 2. The van der Waals surface area contributed by atoms with Crippen LogP contribution in [0.15, 0.2) is 20.8 Å². The lowest BCUT2D eigenvalue weighted by molar-refractivity contribution is -0.0908. The van der Waals surface area contributed by atoms with Crippen LogP contribution < -0.4 is 0 Å². The Morgan fingerprint density at radius 3 is 2.71 bits per heavy atom. The zero-order valence-electron chi connectivity index (χ0n) is 9.74. The normalized spacial score (nSPS) is 23.4. The van der Waals surface area contributed by atoms with Crippen molar-refractivity contribution in [2.75, 3.05) is 4.43 Å². The fourth-order valence-electron chi connectivity index (χ4n) is 1.50. The number of halogens is 5. The van der Waals surface area contributed by atoms with Gasteiger partial charge in [0.05, 0.1) is 5.57 Å². The Kier molecular flexibility index (Phi) is 6.01. The van der Waals surface area contributed by atoms with E-state index in [0.29, 0.717) is 10.0 Å². The molecule has 0 radical (unpaired) electrons. The fourth-order valence-corrected chi connectivity index (χ4v) is 7.00. The van der Waals surface area contributed by atoms with Crippen molar-refractivity contribution in [2.45, 2.75) is 26.4 Å². The lowest BCUT2D eigenvalue weighted by Crippen LogP contribution is -2.14. The number of hydrogen-bond acceptors (Lipinski definition) is 0. The van der Waals surface area contributed by atoms with Crippen molar-refractivity contribution in [1.82, 2.24) is 0 Å². The third kappa shape index (κ3) is 4.25. The Morgan fingerprint density at radius 1 is 1.59 bits per heavy atom. The van der Waals surface area contributed by atoms with Crippen LogP contribution in [0.25, 0.3) is 0 Å². The molecule has 0 saturated heterocycles. The van der Waals surface area contributed by atoms with E-state index in [9.17, 15) is 13.2 Å². The van der Waals surface area contributed by atoms with Gasteiger partial charge in [0.2, 0.25) is 0 Å². The second-order valence-electron chi connectivity index (χ2n) is 3.77. The lowest BCUT2D eigenvalue weighted by Gasteiger charge is -2.15. The first-order valence-electron chi connectivity index (χ1n) is 5.11. The molecule has 1 rings (SSSR count). The first-order chi connectivity index (χ1) is 7.90. The van der Waals surface area contributed by atoms with Crippen LogP contribution in [-0.2, 0) is 0 Å². The summed E-state index contributed by atoms with van der Waals surface area (Å²) in [4.78, 5) is 0. The number of allylic oxidation sites excluding steroid dienone is 4. The van der Waals surface area contributed by atoms with Crippen molar-refractivity contribution < 1.29 is 13.2 Å². The first kappa shape index (κ1) is 15.5. The second-order valence-corrected chi connectivity index (χ2v) is 8.20. The monoisotopic (exact) mass is 470 g/mol. The van der Waals surface area contributed by atoms with Crippen molar-refractivity contribution in [3.63, 3.8) is 0 Å². The second kappa shape index (κ2) is 6.58. The van der Waals surface area contributed by atoms with E-state index < -0.39 is 47.6 Å². The molecule has 0 aromatic heterocycles. The highest BCUT2D eigenvalue weighted by molar-refractivity contribution is 14.2. The molecule has 0 aromatic carbocycles. The summed E-state index contributed by atoms with van der Waals surface area (Å²) in [6.07, 6.45) is -1.59. The molecule has 1 aliphatic heterocycles. The van der Waals surface area contributed by atoms with Gasteiger partial charge in [-0.25, -0.2) is 0 Å². The van der Waals surface area contributed by atoms with Crippen LogP contribution in [0.3, 0.4) is 0 Å². The molecular weight excluding hydrogens is 455 g/mol. The van der Waals surface area contributed by atoms with Crippen molar-refractivity contribution in [1.29, 1.82) is 0 Å². The summed E-state index contributed by atoms with van der Waals surface area (Å²) in [5.74, 6) is 0.212. The zero-order valence-corrected chi connectivity index (χ0v) is 14.1. The van der Waals surface area contributed by atoms with Gasteiger partial charge in [-0.2, -0.15) is 13.2 Å². The molecule has 0 N–H and O–H groups in total. The molecule has 0 aliphatic carbocycles. The van der Waals surface area contributed by atoms with Crippen LogP contribution in [-0.4, -0.2) is 19.1 Å². The van der Waals surface area contributed by atoms with Crippen LogP contribution in [0.5, 0.6) is 0 Å². The minimum absolute atomic E-state index is 0.212. The van der Waals surface area contributed by atoms with Crippen LogP contribution in [0.1, 0.15) is 20.3 Å². The molecule has 0 fully saturated rings. The van der Waals surface area contributed by atoms with E-state index in [-0.39, 0.29) is 15.9 Å². The van der Waals surface area contributed by atoms with Crippen LogP contribution in [0, 0.1) is 5.92 Å². The van der Waals surface area contributed by atoms with E-state index in [4.69, 9.17) is 0 Å². The summed E-state index contributed by atoms with van der Waals surface area (Å²) in [5.41, 5.74) is 0.929. The zero-order chi connectivity index (χ0) is 13.1. The quantitative estimate of drug-likeness (QED) is 0.304. The summed E-state index contributed by atoms with van der Waals surface area (Å²) in [7, 11) is 0. The van der Waals surface area contributed by atoms with Crippen molar-refractivity contribution >= 4 is 50.0 Å². The van der Waals surface area contributed by atoms with Gasteiger partial charge in [-0.1, -0.05) is 36.9 Å². The van der Waals surface area contributed by atoms with E-state index in [1.54, 1.807) is 0 Å². The Bertz CT molecular complexity index is 389. The molecule has 0 spiro atoms. The van der Waals surface area contributed by atoms with Gasteiger partial charge in [0.1, 0.15) is 0 Å². The highest BCUT2D eigenvalue weighted by Gasteiger charge is 2.36. The maximum absolute atomic E-state index is 12.9. The third-order valence-electron chi connectivity index (χ3n) is 2.72. The molecule has 98 valence electrons. The molecular formula is C12H15F3I2. The van der Waals surface area contributed by atoms with Crippen molar-refractivity contribution in [3.8, 4) is 0 Å². The van der Waals surface area contributed by atoms with Crippen LogP contribution in [0.4, 0.5) is 13.2 Å². The summed E-state index contributed by atoms with van der Waals surface area (Å²) in [6, 6.07) is 0. The van der Waals surface area contributed by atoms with E-state index in [1.807, 2.05) is 19.9 Å². The Labute approximate surface area is 120 Å². The molecule has 1 aliphatic rings. The van der Waals surface area contributed by atoms with Crippen molar-refractivity contribution in [2.24, 2.45) is 5.92 Å². The molecule has 0 saturated carbocycles. The largest absolute Gasteiger partial charge is 0.414 e. The maximum Gasteiger partial charge on any atom is 0.414 e. The minimum Gasteiger partial charge on any atom is -0.166 e. The fraction of sp³-hybridized carbons (Fsp3) is 0.500. The summed E-state index contributed by atoms with van der Waals surface area (Å²) >= 11 is -1.20. The smallest absolute Gasteiger partial charge is 0.166 e. The highest BCUT2D eigenvalue weighted by atomic mass is 127. The summed E-state index contributed by atoms with van der Waals surface area (Å²) in [6.45, 7) is 3.95. The topological polar surface area (TPSA) is 0 Å². The Hall–Kier alpha value is 0.470. The number of hydrogen-bond donors (Lipinski definition) is 0. The summed E-state index contributed by atoms with van der Waals surface area (Å²) < 4.78 is 45.4. The van der Waals surface area contributed by atoms with Gasteiger partial charge in [-0.15, -0.1) is 20.7 Å². The van der Waals surface area contributed by atoms with Crippen molar-refractivity contribution in [3.05, 3.63) is 20.8 Å². The van der Waals surface area contributed by atoms with Gasteiger partial charge in [-0.3, -0.25) is 0 Å². The van der Waals surface area contributed by atoms with E-state index in [0.717, 1.165) is 0 Å². The van der Waals surface area contributed by atoms with Gasteiger partial charge in [0, 0.05) is 10.3 Å². The molecule has 0 nitrogen and oxygen atoms in total. The SMILES string of the molecule is C=IC1=C(C(F)(F)F)CI=C[C@@H](/C(C)=C/C)C1. The van der Waals surface area contributed by atoms with Crippen LogP contribution in [0.2, 0.25) is 0 Å². The standard InChI is InChI=1S/C12H15F3I2/c1-4-8(2)9-5-11(16-3)10(7-17-6-9)12(13,14)15/h4,6,9H,3,5,7H2,1-2H3/b8-4+/t9-/m0/s1. The van der Waals surface area contributed by atoms with Gasteiger partial charge in [0.15, 0.2) is 0 Å². The number of alkyl halides is 4. The Morgan fingerprint density at radius 2 is 2.24 bits per heavy atom. The molecule has 1 atom stereocenters. The van der Waals surface area contributed by atoms with Gasteiger partial charge in [0.25, 0.3) is 0 Å². The minimum atomic E-state index is -4.14. The van der Waals surface area contributed by atoms with Gasteiger partial charge in [-0.05, 0) is 27.9 Å². The molecule has 1 heterocycles. The molecule has 0 aromatic rings. The molecule has 5 heteroatoms. The van der Waals surface area contributed by atoms with E-state index in [2.05, 4.69) is 8.53 Å². The average molecular weight is 470 g/mol. The molecule has 0 amide bonds. The maximum atomic E-state index is 12.9. The predicted octanol–water partition coefficient (Wildman–Crippen LogP) is 4.96. The lowest BCUT2D eigenvalue weighted by atomic mass is 9.98. The average Bonchev–Trinajstić information content (AvgIpc) is 2.49. The van der Waals surface area contributed by atoms with E-state index in [1.165, 1.54) is 5.57 Å². The molecule has 0 unspecified atom stereocenters. The van der Waals surface area contributed by atoms with Gasteiger partial charge < -0.3 is 0 Å². The van der Waals surface area contributed by atoms with Gasteiger partial charge >= 0.3 is 6.18 Å². The third-order valence-corrected chi connectivity index (χ3v) is 7.31. The first-order valence-corrected chi connectivity index (χ1v) is 10.5. The van der Waals surface area contributed by atoms with E-state index >= 15 is 0 Å².